The minimum absolute atomic E-state index is 0. The van der Waals surface area contributed by atoms with Crippen LogP contribution in [0, 0.1) is 11.3 Å². The molecule has 0 aliphatic rings. The van der Waals surface area contributed by atoms with E-state index in [9.17, 15) is 8.76 Å². The Morgan fingerprint density at radius 3 is 2.25 bits per heavy atom. The maximum absolute atomic E-state index is 10.3. The summed E-state index contributed by atoms with van der Waals surface area (Å²) in [4.78, 5) is 0.309. The predicted octanol–water partition coefficient (Wildman–Crippen LogP) is -1.34. The Labute approximate surface area is 126 Å². The molecule has 1 unspecified atom stereocenters. The summed E-state index contributed by atoms with van der Waals surface area (Å²) in [6.45, 7) is 0. The molecule has 0 aliphatic heterocycles. The molecule has 0 aromatic heterocycles. The van der Waals surface area contributed by atoms with E-state index in [1.807, 2.05) is 0 Å². The van der Waals surface area contributed by atoms with Crippen LogP contribution in [0.2, 0.25) is 0 Å². The summed E-state index contributed by atoms with van der Waals surface area (Å²) in [6, 6.07) is 7.92. The van der Waals surface area contributed by atoms with E-state index in [1.54, 1.807) is 12.1 Å². The quantitative estimate of drug-likeness (QED) is 0.228. The minimum Gasteiger partial charge on any atom is -0.768 e. The van der Waals surface area contributed by atoms with Crippen LogP contribution in [0.4, 0.5) is 0 Å². The van der Waals surface area contributed by atoms with Gasteiger partial charge in [0.1, 0.15) is 12.3 Å². The molecule has 0 amide bonds. The number of nitriles is 1. The average molecular weight is 313 g/mol. The Balaban J connectivity index is 0. The molecule has 0 heterocycles. The van der Waals surface area contributed by atoms with Crippen LogP contribution in [0.5, 0.6) is 0 Å². The van der Waals surface area contributed by atoms with Crippen molar-refractivity contribution >= 4 is 33.2 Å². The fraction of sp³-hybridized carbons (Fsp3) is 0. The first-order valence-corrected chi connectivity index (χ1v) is 5.39. The third kappa shape index (κ3) is 9.03. The molecule has 5 nitrogen and oxygen atoms in total. The fourth-order valence-electron chi connectivity index (χ4n) is 0.572. The SMILES string of the molecule is N#CC=NO.O=S([O-])c1ccc(Br)cc1.[Na+]. The van der Waals surface area contributed by atoms with Gasteiger partial charge in [-0.3, -0.25) is 4.21 Å². The molecular weight excluding hydrogens is 307 g/mol. The standard InChI is InChI=1S/C6H5BrO2S.C2H2N2O.Na/c7-5-1-3-6(4-2-5)10(8)9;3-1-2-4-5;/h1-4H,(H,8,9);2,5H;/q;;+1/p-1. The Morgan fingerprint density at radius 1 is 1.50 bits per heavy atom. The van der Waals surface area contributed by atoms with Crippen LogP contribution in [-0.2, 0) is 11.1 Å². The van der Waals surface area contributed by atoms with E-state index >= 15 is 0 Å². The second-order valence-electron chi connectivity index (χ2n) is 2.06. The van der Waals surface area contributed by atoms with Gasteiger partial charge in [-0.05, 0) is 35.3 Å². The van der Waals surface area contributed by atoms with E-state index in [1.165, 1.54) is 18.2 Å². The van der Waals surface area contributed by atoms with E-state index in [-0.39, 0.29) is 29.6 Å². The van der Waals surface area contributed by atoms with Gasteiger partial charge < -0.3 is 9.76 Å². The van der Waals surface area contributed by atoms with Crippen LogP contribution in [0.25, 0.3) is 0 Å². The second-order valence-corrected chi connectivity index (χ2v) is 3.92. The smallest absolute Gasteiger partial charge is 0.768 e. The second kappa shape index (κ2) is 11.3. The summed E-state index contributed by atoms with van der Waals surface area (Å²) < 4.78 is 21.5. The molecule has 1 atom stereocenters. The number of rotatable bonds is 1. The van der Waals surface area contributed by atoms with Crippen molar-refractivity contribution < 1.29 is 43.5 Å². The Hall–Kier alpha value is -0.230. The third-order valence-electron chi connectivity index (χ3n) is 1.12. The Kier molecular flexibility index (Phi) is 12.8. The minimum atomic E-state index is -2.11. The van der Waals surface area contributed by atoms with Gasteiger partial charge in [0.05, 0.1) is 0 Å². The molecule has 0 saturated heterocycles. The molecule has 1 aromatic carbocycles. The third-order valence-corrected chi connectivity index (χ3v) is 2.31. The summed E-state index contributed by atoms with van der Waals surface area (Å²) in [5.41, 5.74) is 0. The maximum atomic E-state index is 10.3. The van der Waals surface area contributed by atoms with Crippen molar-refractivity contribution in [2.24, 2.45) is 5.16 Å². The van der Waals surface area contributed by atoms with E-state index in [0.29, 0.717) is 4.90 Å². The zero-order valence-corrected chi connectivity index (χ0v) is 12.7. The number of hydrogen-bond donors (Lipinski definition) is 1. The summed E-state index contributed by atoms with van der Waals surface area (Å²) in [6.07, 6.45) is 0.736. The fourth-order valence-corrected chi connectivity index (χ4v) is 1.19. The van der Waals surface area contributed by atoms with E-state index in [2.05, 4.69) is 21.1 Å². The van der Waals surface area contributed by atoms with Crippen LogP contribution in [-0.4, -0.2) is 20.2 Å². The van der Waals surface area contributed by atoms with Gasteiger partial charge in [-0.1, -0.05) is 21.1 Å². The van der Waals surface area contributed by atoms with Crippen molar-refractivity contribution in [3.8, 4) is 6.07 Å². The normalized spacial score (nSPS) is 10.6. The van der Waals surface area contributed by atoms with Gasteiger partial charge >= 0.3 is 29.6 Å². The average Bonchev–Trinajstić information content (AvgIpc) is 2.20. The van der Waals surface area contributed by atoms with Gasteiger partial charge in [0, 0.05) is 9.37 Å². The number of halogens is 1. The van der Waals surface area contributed by atoms with Crippen molar-refractivity contribution in [3.05, 3.63) is 28.7 Å². The van der Waals surface area contributed by atoms with Crippen molar-refractivity contribution in [2.45, 2.75) is 4.90 Å². The molecule has 80 valence electrons. The number of hydrogen-bond acceptors (Lipinski definition) is 5. The summed E-state index contributed by atoms with van der Waals surface area (Å²) >= 11 is 1.09. The number of benzene rings is 1. The van der Waals surface area contributed by atoms with Crippen LogP contribution in [0.15, 0.2) is 38.8 Å². The Bertz CT molecular complexity index is 391. The summed E-state index contributed by atoms with van der Waals surface area (Å²) in [7, 11) is 0. The first-order valence-electron chi connectivity index (χ1n) is 3.52. The molecule has 0 radical (unpaired) electrons. The van der Waals surface area contributed by atoms with Gasteiger partial charge in [0.15, 0.2) is 0 Å². The maximum Gasteiger partial charge on any atom is 1.00 e. The first-order chi connectivity index (χ1) is 7.11. The molecule has 0 aliphatic carbocycles. The van der Waals surface area contributed by atoms with Crippen molar-refractivity contribution in [2.75, 3.05) is 0 Å². The molecule has 8 heteroatoms. The zero-order chi connectivity index (χ0) is 11.7. The molecule has 0 spiro atoms. The van der Waals surface area contributed by atoms with Gasteiger partial charge in [-0.2, -0.15) is 5.26 Å². The van der Waals surface area contributed by atoms with Gasteiger partial charge in [0.25, 0.3) is 0 Å². The number of oxime groups is 1. The Morgan fingerprint density at radius 2 is 2.00 bits per heavy atom. The van der Waals surface area contributed by atoms with E-state index < -0.39 is 11.1 Å². The van der Waals surface area contributed by atoms with Crippen LogP contribution >= 0.6 is 15.9 Å². The molecule has 1 aromatic rings. The van der Waals surface area contributed by atoms with Crippen LogP contribution < -0.4 is 29.6 Å². The molecular formula is C8H6BrN2NaO3S. The van der Waals surface area contributed by atoms with E-state index in [0.717, 1.165) is 10.7 Å². The largest absolute Gasteiger partial charge is 1.00 e. The topological polar surface area (TPSA) is 96.5 Å². The molecule has 0 saturated carbocycles. The molecule has 0 fully saturated rings. The molecule has 0 bridgehead atoms. The van der Waals surface area contributed by atoms with Crippen LogP contribution in [0.3, 0.4) is 0 Å². The van der Waals surface area contributed by atoms with Gasteiger partial charge in [-0.25, -0.2) is 0 Å². The monoisotopic (exact) mass is 312 g/mol. The van der Waals surface area contributed by atoms with Gasteiger partial charge in [0.2, 0.25) is 0 Å². The predicted molar refractivity (Wildman–Crippen MR) is 57.2 cm³/mol. The molecule has 1 N–H and O–H groups in total. The summed E-state index contributed by atoms with van der Waals surface area (Å²) in [5.74, 6) is 0. The first kappa shape index (κ1) is 18.1. The summed E-state index contributed by atoms with van der Waals surface area (Å²) in [5, 5.41) is 17.3. The van der Waals surface area contributed by atoms with Crippen LogP contribution in [0.1, 0.15) is 0 Å². The van der Waals surface area contributed by atoms with Gasteiger partial charge in [-0.15, -0.1) is 0 Å². The van der Waals surface area contributed by atoms with Crippen molar-refractivity contribution in [1.29, 1.82) is 5.26 Å². The molecule has 1 rings (SSSR count). The molecule has 16 heavy (non-hydrogen) atoms. The van der Waals surface area contributed by atoms with Crippen molar-refractivity contribution in [1.82, 2.24) is 0 Å². The zero-order valence-electron chi connectivity index (χ0n) is 8.33. The number of nitrogens with zero attached hydrogens (tertiary/aromatic N) is 2. The van der Waals surface area contributed by atoms with E-state index in [4.69, 9.17) is 10.5 Å². The van der Waals surface area contributed by atoms with Crippen molar-refractivity contribution in [3.63, 3.8) is 0 Å².